The maximum Gasteiger partial charge on any atom is 0.223 e. The molecule has 3 atom stereocenters. The molecule has 0 bridgehead atoms. The Morgan fingerprint density at radius 2 is 2.05 bits per heavy atom. The fourth-order valence-electron chi connectivity index (χ4n) is 3.43. The van der Waals surface area contributed by atoms with Gasteiger partial charge in [0.05, 0.1) is 0 Å². The fraction of sp³-hybridized carbons (Fsp3) is 0.933. The number of likely N-dealkylation sites (N-methyl/N-ethyl adjacent to an activating group) is 1. The molecular formula is C15H31Cl2N3O. The van der Waals surface area contributed by atoms with Crippen LogP contribution in [0.4, 0.5) is 0 Å². The van der Waals surface area contributed by atoms with Crippen molar-refractivity contribution in [2.45, 2.75) is 39.2 Å². The molecule has 1 amide bonds. The van der Waals surface area contributed by atoms with Crippen molar-refractivity contribution >= 4 is 30.7 Å². The molecule has 2 heterocycles. The van der Waals surface area contributed by atoms with Crippen LogP contribution in [0.15, 0.2) is 0 Å². The highest BCUT2D eigenvalue weighted by atomic mass is 35.5. The van der Waals surface area contributed by atoms with Crippen LogP contribution in [0, 0.1) is 11.8 Å². The molecule has 4 nitrogen and oxygen atoms in total. The van der Waals surface area contributed by atoms with Gasteiger partial charge in [-0.1, -0.05) is 6.92 Å². The van der Waals surface area contributed by atoms with Gasteiger partial charge in [0.15, 0.2) is 0 Å². The summed E-state index contributed by atoms with van der Waals surface area (Å²) in [5.41, 5.74) is 0. The number of hydrogen-bond donors (Lipinski definition) is 1. The minimum Gasteiger partial charge on any atom is -0.337 e. The van der Waals surface area contributed by atoms with E-state index in [4.69, 9.17) is 0 Å². The lowest BCUT2D eigenvalue weighted by Gasteiger charge is -2.39. The van der Waals surface area contributed by atoms with E-state index in [1.165, 1.54) is 12.8 Å². The highest BCUT2D eigenvalue weighted by Gasteiger charge is 2.28. The summed E-state index contributed by atoms with van der Waals surface area (Å²) in [5.74, 6) is 1.55. The van der Waals surface area contributed by atoms with Gasteiger partial charge >= 0.3 is 0 Å². The predicted octanol–water partition coefficient (Wildman–Crippen LogP) is 2.02. The predicted molar refractivity (Wildman–Crippen MR) is 92.5 cm³/mol. The van der Waals surface area contributed by atoms with Crippen LogP contribution >= 0.6 is 24.8 Å². The van der Waals surface area contributed by atoms with Gasteiger partial charge in [-0.3, -0.25) is 4.79 Å². The van der Waals surface area contributed by atoms with E-state index >= 15 is 0 Å². The summed E-state index contributed by atoms with van der Waals surface area (Å²) < 4.78 is 0. The number of halogens is 2. The smallest absolute Gasteiger partial charge is 0.223 e. The molecule has 0 saturated carbocycles. The number of nitrogens with zero attached hydrogens (tertiary/aromatic N) is 2. The Morgan fingerprint density at radius 1 is 1.33 bits per heavy atom. The Morgan fingerprint density at radius 3 is 2.62 bits per heavy atom. The summed E-state index contributed by atoms with van der Waals surface area (Å²) in [4.78, 5) is 16.9. The van der Waals surface area contributed by atoms with Crippen LogP contribution in [0.1, 0.15) is 33.1 Å². The second kappa shape index (κ2) is 9.88. The molecule has 0 aromatic carbocycles. The van der Waals surface area contributed by atoms with Crippen LogP contribution in [0.5, 0.6) is 0 Å². The molecule has 2 aliphatic heterocycles. The molecule has 2 saturated heterocycles. The number of hydrogen-bond acceptors (Lipinski definition) is 3. The normalized spacial score (nSPS) is 28.2. The number of rotatable bonds is 3. The Hall–Kier alpha value is -0.0300. The van der Waals surface area contributed by atoms with Gasteiger partial charge in [0.1, 0.15) is 0 Å². The minimum atomic E-state index is 0. The van der Waals surface area contributed by atoms with Crippen molar-refractivity contribution in [3.8, 4) is 0 Å². The zero-order chi connectivity index (χ0) is 13.8. The number of carbonyl (C=O) groups excluding carboxylic acids is 1. The number of piperazine rings is 1. The van der Waals surface area contributed by atoms with E-state index in [1.54, 1.807) is 0 Å². The van der Waals surface area contributed by atoms with E-state index in [0.29, 0.717) is 23.8 Å². The zero-order valence-electron chi connectivity index (χ0n) is 13.5. The van der Waals surface area contributed by atoms with Gasteiger partial charge in [-0.2, -0.15) is 0 Å². The van der Waals surface area contributed by atoms with E-state index in [2.05, 4.69) is 36.0 Å². The third-order valence-electron chi connectivity index (χ3n) is 4.79. The van der Waals surface area contributed by atoms with Crippen LogP contribution in [0.25, 0.3) is 0 Å². The lowest BCUT2D eigenvalue weighted by Crippen LogP contribution is -2.53. The molecule has 2 fully saturated rings. The van der Waals surface area contributed by atoms with Crippen LogP contribution in [-0.2, 0) is 4.79 Å². The van der Waals surface area contributed by atoms with Crippen LogP contribution in [0.3, 0.4) is 0 Å². The Bertz CT molecular complexity index is 311. The average Bonchev–Trinajstić information content (AvgIpc) is 2.39. The van der Waals surface area contributed by atoms with Crippen LogP contribution < -0.4 is 5.32 Å². The number of nitrogens with one attached hydrogen (secondary N) is 1. The van der Waals surface area contributed by atoms with Gasteiger partial charge in [-0.25, -0.2) is 0 Å². The monoisotopic (exact) mass is 339 g/mol. The number of amides is 1. The molecule has 0 aliphatic carbocycles. The Balaban J connectivity index is 0.00000200. The average molecular weight is 340 g/mol. The summed E-state index contributed by atoms with van der Waals surface area (Å²) in [6, 6.07) is 0.364. The van der Waals surface area contributed by atoms with E-state index in [0.717, 1.165) is 39.1 Å². The first-order chi connectivity index (χ1) is 9.08. The number of carbonyl (C=O) groups is 1. The van der Waals surface area contributed by atoms with Crippen molar-refractivity contribution in [3.05, 3.63) is 0 Å². The van der Waals surface area contributed by atoms with Crippen molar-refractivity contribution in [2.75, 3.05) is 39.8 Å². The van der Waals surface area contributed by atoms with Gasteiger partial charge < -0.3 is 15.1 Å². The molecule has 2 aliphatic rings. The van der Waals surface area contributed by atoms with Crippen molar-refractivity contribution < 1.29 is 4.79 Å². The molecular weight excluding hydrogens is 309 g/mol. The first-order valence-corrected chi connectivity index (χ1v) is 7.76. The first-order valence-electron chi connectivity index (χ1n) is 7.76. The quantitative estimate of drug-likeness (QED) is 0.854. The topological polar surface area (TPSA) is 35.6 Å². The third-order valence-corrected chi connectivity index (χ3v) is 4.79. The molecule has 1 N–H and O–H groups in total. The van der Waals surface area contributed by atoms with E-state index in [-0.39, 0.29) is 24.8 Å². The fourth-order valence-corrected chi connectivity index (χ4v) is 3.43. The minimum absolute atomic E-state index is 0. The highest BCUT2D eigenvalue weighted by Crippen LogP contribution is 2.24. The highest BCUT2D eigenvalue weighted by molar-refractivity contribution is 5.85. The molecule has 0 radical (unpaired) electrons. The largest absolute Gasteiger partial charge is 0.337 e. The standard InChI is InChI=1S/C15H29N3O.2ClH/c1-12(14-5-4-6-16-10-14)9-15(19)18-8-7-17(3)11-13(18)2;;/h12-14,16H,4-11H2,1-3H3;2*1H. The SMILES string of the molecule is CC(CC(=O)N1CCN(C)CC1C)C1CCCNC1.Cl.Cl. The van der Waals surface area contributed by atoms with Gasteiger partial charge in [0, 0.05) is 32.1 Å². The molecule has 21 heavy (non-hydrogen) atoms. The number of piperidine rings is 1. The molecule has 0 spiro atoms. The van der Waals surface area contributed by atoms with Crippen LogP contribution in [-0.4, -0.2) is 61.5 Å². The van der Waals surface area contributed by atoms with Crippen molar-refractivity contribution in [1.82, 2.24) is 15.1 Å². The van der Waals surface area contributed by atoms with Gasteiger partial charge in [-0.05, 0) is 51.7 Å². The van der Waals surface area contributed by atoms with Gasteiger partial charge in [-0.15, -0.1) is 24.8 Å². The van der Waals surface area contributed by atoms with E-state index in [1.807, 2.05) is 0 Å². The zero-order valence-corrected chi connectivity index (χ0v) is 15.1. The molecule has 0 aromatic rings. The van der Waals surface area contributed by atoms with Crippen molar-refractivity contribution in [2.24, 2.45) is 11.8 Å². The molecule has 2 rings (SSSR count). The second-order valence-electron chi connectivity index (χ2n) is 6.49. The second-order valence-corrected chi connectivity index (χ2v) is 6.49. The van der Waals surface area contributed by atoms with Crippen molar-refractivity contribution in [3.63, 3.8) is 0 Å². The summed E-state index contributed by atoms with van der Waals surface area (Å²) >= 11 is 0. The summed E-state index contributed by atoms with van der Waals surface area (Å²) in [5, 5.41) is 3.45. The summed E-state index contributed by atoms with van der Waals surface area (Å²) in [6.45, 7) is 9.56. The van der Waals surface area contributed by atoms with Crippen molar-refractivity contribution in [1.29, 1.82) is 0 Å². The summed E-state index contributed by atoms with van der Waals surface area (Å²) in [7, 11) is 2.13. The van der Waals surface area contributed by atoms with Crippen LogP contribution in [0.2, 0.25) is 0 Å². The molecule has 6 heteroatoms. The third kappa shape index (κ3) is 5.93. The molecule has 126 valence electrons. The maximum absolute atomic E-state index is 12.5. The lowest BCUT2D eigenvalue weighted by molar-refractivity contribution is -0.136. The lowest BCUT2D eigenvalue weighted by atomic mass is 9.85. The Kier molecular flexibility index (Phi) is 9.87. The summed E-state index contributed by atoms with van der Waals surface area (Å²) in [6.07, 6.45) is 3.26. The van der Waals surface area contributed by atoms with E-state index in [9.17, 15) is 4.79 Å². The van der Waals surface area contributed by atoms with E-state index < -0.39 is 0 Å². The molecule has 0 aromatic heterocycles. The van der Waals surface area contributed by atoms with Gasteiger partial charge in [0.25, 0.3) is 0 Å². The first kappa shape index (κ1) is 21.0. The van der Waals surface area contributed by atoms with Gasteiger partial charge in [0.2, 0.25) is 5.91 Å². The Labute approximate surface area is 141 Å². The maximum atomic E-state index is 12.5. The molecule has 3 unspecified atom stereocenters.